The van der Waals surface area contributed by atoms with Gasteiger partial charge in [0.05, 0.1) is 32.0 Å². The molecule has 25 heavy (non-hydrogen) atoms. The number of aliphatic hydroxyl groups is 1. The fraction of sp³-hybridized carbons (Fsp3) is 0.833. The Morgan fingerprint density at radius 1 is 1.36 bits per heavy atom. The molecule has 0 unspecified atom stereocenters. The second-order valence-corrected chi connectivity index (χ2v) is 7.51. The second-order valence-electron chi connectivity index (χ2n) is 7.51. The van der Waals surface area contributed by atoms with Crippen LogP contribution in [0.3, 0.4) is 0 Å². The van der Waals surface area contributed by atoms with Crippen molar-refractivity contribution in [1.82, 2.24) is 14.5 Å². The molecule has 1 aromatic rings. The summed E-state index contributed by atoms with van der Waals surface area (Å²) in [7, 11) is 1.72. The fourth-order valence-corrected chi connectivity index (χ4v) is 4.82. The lowest BCUT2D eigenvalue weighted by Gasteiger charge is -2.57. The van der Waals surface area contributed by atoms with Gasteiger partial charge in [0.2, 0.25) is 0 Å². The van der Waals surface area contributed by atoms with Gasteiger partial charge in [0, 0.05) is 70.1 Å². The third kappa shape index (κ3) is 3.24. The molecule has 0 amide bonds. The highest BCUT2D eigenvalue weighted by atomic mass is 16.5. The number of hydrogen-bond acceptors (Lipinski definition) is 6. The van der Waals surface area contributed by atoms with Crippen molar-refractivity contribution in [3.8, 4) is 0 Å². The summed E-state index contributed by atoms with van der Waals surface area (Å²) in [6.07, 6.45) is 5.56. The Morgan fingerprint density at radius 3 is 3.12 bits per heavy atom. The molecule has 1 aromatic heterocycles. The standard InChI is InChI=1S/C18H29N3O4/c1-23-9-6-20-5-4-19-17(20)11-21-10-14-12-25-8-3-18(14,22)15-13-24-7-2-16(15)21/h4-5,14-16,22H,2-3,6-13H2,1H3/t14-,15+,16-,18-/m0/s1. The molecule has 0 bridgehead atoms. The van der Waals surface area contributed by atoms with Crippen molar-refractivity contribution in [2.45, 2.75) is 37.6 Å². The number of imidazole rings is 1. The van der Waals surface area contributed by atoms with Crippen molar-refractivity contribution in [3.63, 3.8) is 0 Å². The largest absolute Gasteiger partial charge is 0.389 e. The summed E-state index contributed by atoms with van der Waals surface area (Å²) in [5.41, 5.74) is -0.648. The van der Waals surface area contributed by atoms with Gasteiger partial charge in [0.1, 0.15) is 5.82 Å². The highest BCUT2D eigenvalue weighted by molar-refractivity contribution is 5.07. The van der Waals surface area contributed by atoms with Gasteiger partial charge in [0.15, 0.2) is 0 Å². The lowest BCUT2D eigenvalue weighted by molar-refractivity contribution is -0.221. The van der Waals surface area contributed by atoms with Crippen LogP contribution in [0.1, 0.15) is 18.7 Å². The van der Waals surface area contributed by atoms with Gasteiger partial charge >= 0.3 is 0 Å². The molecular weight excluding hydrogens is 322 g/mol. The van der Waals surface area contributed by atoms with Crippen LogP contribution < -0.4 is 0 Å². The normalized spacial score (nSPS) is 36.0. The molecule has 7 nitrogen and oxygen atoms in total. The quantitative estimate of drug-likeness (QED) is 0.834. The Morgan fingerprint density at radius 2 is 2.24 bits per heavy atom. The van der Waals surface area contributed by atoms with Crippen molar-refractivity contribution in [2.75, 3.05) is 46.7 Å². The summed E-state index contributed by atoms with van der Waals surface area (Å²) in [6, 6.07) is 0.348. The number of piperidine rings is 1. The van der Waals surface area contributed by atoms with E-state index in [1.165, 1.54) is 0 Å². The summed E-state index contributed by atoms with van der Waals surface area (Å²) in [5.74, 6) is 1.36. The van der Waals surface area contributed by atoms with E-state index in [-0.39, 0.29) is 11.8 Å². The van der Waals surface area contributed by atoms with E-state index in [4.69, 9.17) is 14.2 Å². The molecule has 0 aliphatic carbocycles. The van der Waals surface area contributed by atoms with Crippen molar-refractivity contribution in [2.24, 2.45) is 11.8 Å². The fourth-order valence-electron chi connectivity index (χ4n) is 4.82. The van der Waals surface area contributed by atoms with E-state index in [0.29, 0.717) is 32.5 Å². The van der Waals surface area contributed by atoms with Crippen LogP contribution in [-0.4, -0.2) is 77.9 Å². The van der Waals surface area contributed by atoms with Crippen LogP contribution in [0, 0.1) is 11.8 Å². The first-order valence-corrected chi connectivity index (χ1v) is 9.33. The van der Waals surface area contributed by atoms with Crippen LogP contribution in [0.5, 0.6) is 0 Å². The number of ether oxygens (including phenoxy) is 3. The van der Waals surface area contributed by atoms with Crippen LogP contribution in [0.2, 0.25) is 0 Å². The molecule has 3 aliphatic rings. The first kappa shape index (κ1) is 17.4. The molecule has 1 N–H and O–H groups in total. The Kier molecular flexibility index (Phi) is 5.11. The van der Waals surface area contributed by atoms with E-state index in [1.54, 1.807) is 7.11 Å². The zero-order valence-electron chi connectivity index (χ0n) is 15.0. The van der Waals surface area contributed by atoms with Crippen LogP contribution in [0.15, 0.2) is 12.4 Å². The average Bonchev–Trinajstić information content (AvgIpc) is 3.08. The molecule has 3 saturated heterocycles. The highest BCUT2D eigenvalue weighted by Crippen LogP contribution is 2.44. The zero-order valence-corrected chi connectivity index (χ0v) is 15.0. The molecule has 4 heterocycles. The highest BCUT2D eigenvalue weighted by Gasteiger charge is 2.55. The molecule has 0 spiro atoms. The minimum atomic E-state index is -0.648. The van der Waals surface area contributed by atoms with Crippen molar-refractivity contribution < 1.29 is 19.3 Å². The van der Waals surface area contributed by atoms with Crippen LogP contribution in [0.4, 0.5) is 0 Å². The lowest BCUT2D eigenvalue weighted by Crippen LogP contribution is -2.67. The number of likely N-dealkylation sites (tertiary alicyclic amines) is 1. The summed E-state index contributed by atoms with van der Waals surface area (Å²) >= 11 is 0. The summed E-state index contributed by atoms with van der Waals surface area (Å²) in [6.45, 7) is 5.84. The monoisotopic (exact) mass is 351 g/mol. The topological polar surface area (TPSA) is 69.0 Å². The average molecular weight is 351 g/mol. The van der Waals surface area contributed by atoms with Gasteiger partial charge in [-0.1, -0.05) is 0 Å². The van der Waals surface area contributed by atoms with E-state index in [1.807, 2.05) is 12.4 Å². The maximum Gasteiger partial charge on any atom is 0.122 e. The van der Waals surface area contributed by atoms with E-state index in [0.717, 1.165) is 44.9 Å². The number of nitrogens with zero attached hydrogens (tertiary/aromatic N) is 3. The van der Waals surface area contributed by atoms with Crippen molar-refractivity contribution in [3.05, 3.63) is 18.2 Å². The van der Waals surface area contributed by atoms with Gasteiger partial charge in [-0.05, 0) is 6.42 Å². The molecule has 140 valence electrons. The summed E-state index contributed by atoms with van der Waals surface area (Å²) in [4.78, 5) is 7.06. The van der Waals surface area contributed by atoms with Gasteiger partial charge in [-0.15, -0.1) is 0 Å². The predicted octanol–water partition coefficient (Wildman–Crippen LogP) is 0.518. The molecule has 7 heteroatoms. The first-order valence-electron chi connectivity index (χ1n) is 9.33. The number of rotatable bonds is 5. The molecular formula is C18H29N3O4. The SMILES string of the molecule is COCCn1ccnc1CN1C[C@H]2COCC[C@@]2(O)[C@@H]2COCC[C@@H]21. The third-order valence-electron chi connectivity index (χ3n) is 6.24. The second kappa shape index (κ2) is 7.32. The summed E-state index contributed by atoms with van der Waals surface area (Å²) < 4.78 is 18.8. The Bertz CT molecular complexity index is 580. The van der Waals surface area contributed by atoms with Gasteiger partial charge in [0.25, 0.3) is 0 Å². The maximum atomic E-state index is 11.4. The predicted molar refractivity (Wildman–Crippen MR) is 91.1 cm³/mol. The minimum absolute atomic E-state index is 0.145. The van der Waals surface area contributed by atoms with Gasteiger partial charge < -0.3 is 23.9 Å². The van der Waals surface area contributed by atoms with Crippen LogP contribution in [-0.2, 0) is 27.3 Å². The molecule has 0 radical (unpaired) electrons. The Labute approximate surface area is 148 Å². The zero-order chi connectivity index (χ0) is 17.3. The molecule has 3 fully saturated rings. The molecule has 4 atom stereocenters. The molecule has 0 saturated carbocycles. The molecule has 3 aliphatic heterocycles. The number of methoxy groups -OCH3 is 1. The molecule has 4 rings (SSSR count). The molecule has 0 aromatic carbocycles. The van der Waals surface area contributed by atoms with Gasteiger partial charge in [-0.25, -0.2) is 4.98 Å². The van der Waals surface area contributed by atoms with E-state index >= 15 is 0 Å². The number of aromatic nitrogens is 2. The van der Waals surface area contributed by atoms with Crippen molar-refractivity contribution in [1.29, 1.82) is 0 Å². The van der Waals surface area contributed by atoms with Crippen molar-refractivity contribution >= 4 is 0 Å². The Hall–Kier alpha value is -0.990. The number of fused-ring (bicyclic) bond motifs is 3. The summed E-state index contributed by atoms with van der Waals surface area (Å²) in [5, 5.41) is 11.4. The first-order chi connectivity index (χ1) is 12.2. The van der Waals surface area contributed by atoms with E-state index < -0.39 is 5.60 Å². The van der Waals surface area contributed by atoms with Gasteiger partial charge in [-0.2, -0.15) is 0 Å². The lowest BCUT2D eigenvalue weighted by atomic mass is 9.66. The van der Waals surface area contributed by atoms with Crippen LogP contribution in [0.25, 0.3) is 0 Å². The maximum absolute atomic E-state index is 11.4. The van der Waals surface area contributed by atoms with Crippen LogP contribution >= 0.6 is 0 Å². The third-order valence-corrected chi connectivity index (χ3v) is 6.24. The smallest absolute Gasteiger partial charge is 0.122 e. The van der Waals surface area contributed by atoms with Gasteiger partial charge in [-0.3, -0.25) is 4.90 Å². The number of hydrogen-bond donors (Lipinski definition) is 1. The van der Waals surface area contributed by atoms with E-state index in [2.05, 4.69) is 14.5 Å². The van der Waals surface area contributed by atoms with E-state index in [9.17, 15) is 5.11 Å². The minimum Gasteiger partial charge on any atom is -0.389 e. The Balaban J connectivity index is 1.54.